The molecule has 0 aliphatic carbocycles. The molecule has 0 saturated carbocycles. The summed E-state index contributed by atoms with van der Waals surface area (Å²) in [4.78, 5) is 13.7. The van der Waals surface area contributed by atoms with Gasteiger partial charge in [-0.05, 0) is 38.8 Å². The maximum atomic E-state index is 11.3. The van der Waals surface area contributed by atoms with Gasteiger partial charge in [-0.25, -0.2) is 0 Å². The number of carbonyl (C=O) groups excluding carboxylic acids is 1. The number of carbonyl (C=O) groups is 1. The second-order valence-electron chi connectivity index (χ2n) is 6.23. The first-order chi connectivity index (χ1) is 9.49. The summed E-state index contributed by atoms with van der Waals surface area (Å²) in [7, 11) is 0. The van der Waals surface area contributed by atoms with Gasteiger partial charge < -0.3 is 16.0 Å². The van der Waals surface area contributed by atoms with Crippen molar-refractivity contribution in [1.82, 2.24) is 5.32 Å². The van der Waals surface area contributed by atoms with E-state index in [0.29, 0.717) is 12.6 Å². The molecule has 1 saturated heterocycles. The lowest BCUT2D eigenvalue weighted by Gasteiger charge is -2.35. The van der Waals surface area contributed by atoms with E-state index in [0.717, 1.165) is 25.9 Å². The number of benzene rings is 1. The third-order valence-corrected chi connectivity index (χ3v) is 4.12. The Hall–Kier alpha value is -1.55. The van der Waals surface area contributed by atoms with Crippen LogP contribution in [0.2, 0.25) is 0 Å². The molecule has 4 heteroatoms. The highest BCUT2D eigenvalue weighted by molar-refractivity contribution is 5.80. The molecule has 0 unspecified atom stereocenters. The molecule has 0 radical (unpaired) electrons. The van der Waals surface area contributed by atoms with Crippen molar-refractivity contribution in [3.8, 4) is 0 Å². The molecule has 0 atom stereocenters. The largest absolute Gasteiger partial charge is 0.371 e. The summed E-state index contributed by atoms with van der Waals surface area (Å²) in [5.74, 6) is -0.244. The van der Waals surface area contributed by atoms with Crippen LogP contribution in [-0.2, 0) is 4.79 Å². The highest BCUT2D eigenvalue weighted by Crippen LogP contribution is 2.20. The predicted octanol–water partition coefficient (Wildman–Crippen LogP) is 1.76. The van der Waals surface area contributed by atoms with Crippen LogP contribution in [0.5, 0.6) is 0 Å². The minimum absolute atomic E-state index is 0.244. The van der Waals surface area contributed by atoms with Gasteiger partial charge in [-0.2, -0.15) is 0 Å². The lowest BCUT2D eigenvalue weighted by Crippen LogP contribution is -2.48. The Morgan fingerprint density at radius 2 is 1.90 bits per heavy atom. The summed E-state index contributed by atoms with van der Waals surface area (Å²) in [5.41, 5.74) is 6.22. The van der Waals surface area contributed by atoms with Gasteiger partial charge in [0.2, 0.25) is 5.91 Å². The van der Waals surface area contributed by atoms with E-state index in [9.17, 15) is 4.79 Å². The van der Waals surface area contributed by atoms with Crippen LogP contribution in [0.1, 0.15) is 26.7 Å². The Morgan fingerprint density at radius 3 is 2.45 bits per heavy atom. The molecule has 110 valence electrons. The maximum absolute atomic E-state index is 11.3. The molecule has 1 aliphatic heterocycles. The topological polar surface area (TPSA) is 58.4 Å². The van der Waals surface area contributed by atoms with Gasteiger partial charge in [0, 0.05) is 31.4 Å². The molecule has 1 fully saturated rings. The Bertz CT molecular complexity index is 436. The highest BCUT2D eigenvalue weighted by atomic mass is 16.1. The number of rotatable bonds is 5. The molecule has 4 nitrogen and oxygen atoms in total. The second-order valence-corrected chi connectivity index (χ2v) is 6.23. The van der Waals surface area contributed by atoms with Crippen molar-refractivity contribution in [2.24, 2.45) is 11.1 Å². The van der Waals surface area contributed by atoms with Crippen molar-refractivity contribution >= 4 is 11.6 Å². The zero-order valence-corrected chi connectivity index (χ0v) is 12.4. The number of hydrogen-bond donors (Lipinski definition) is 2. The third kappa shape index (κ3) is 3.73. The number of para-hydroxylation sites is 1. The summed E-state index contributed by atoms with van der Waals surface area (Å²) >= 11 is 0. The van der Waals surface area contributed by atoms with Crippen molar-refractivity contribution in [1.29, 1.82) is 0 Å². The molecule has 3 N–H and O–H groups in total. The quantitative estimate of drug-likeness (QED) is 0.861. The van der Waals surface area contributed by atoms with Gasteiger partial charge in [-0.3, -0.25) is 4.79 Å². The minimum Gasteiger partial charge on any atom is -0.371 e. The number of primary amides is 1. The third-order valence-electron chi connectivity index (χ3n) is 4.12. The first kappa shape index (κ1) is 14.9. The molecule has 1 amide bonds. The summed E-state index contributed by atoms with van der Waals surface area (Å²) < 4.78 is 0. The maximum Gasteiger partial charge on any atom is 0.224 e. The molecule has 0 bridgehead atoms. The van der Waals surface area contributed by atoms with Crippen LogP contribution >= 0.6 is 0 Å². The summed E-state index contributed by atoms with van der Waals surface area (Å²) in [6.45, 7) is 6.54. The first-order valence-corrected chi connectivity index (χ1v) is 7.32. The fourth-order valence-corrected chi connectivity index (χ4v) is 2.47. The Morgan fingerprint density at radius 1 is 1.30 bits per heavy atom. The van der Waals surface area contributed by atoms with E-state index in [1.54, 1.807) is 0 Å². The first-order valence-electron chi connectivity index (χ1n) is 7.32. The van der Waals surface area contributed by atoms with E-state index in [1.807, 2.05) is 19.9 Å². The van der Waals surface area contributed by atoms with E-state index < -0.39 is 5.41 Å². The Labute approximate surface area is 121 Å². The average Bonchev–Trinajstić information content (AvgIpc) is 2.46. The van der Waals surface area contributed by atoms with Gasteiger partial charge in [0.25, 0.3) is 0 Å². The van der Waals surface area contributed by atoms with Crippen molar-refractivity contribution < 1.29 is 4.79 Å². The number of nitrogens with two attached hydrogens (primary N) is 1. The van der Waals surface area contributed by atoms with E-state index in [1.165, 1.54) is 5.69 Å². The van der Waals surface area contributed by atoms with Crippen LogP contribution in [0, 0.1) is 5.41 Å². The van der Waals surface area contributed by atoms with Crippen LogP contribution in [0.3, 0.4) is 0 Å². The molecule has 0 spiro atoms. The molecule has 0 aromatic heterocycles. The number of piperidine rings is 1. The monoisotopic (exact) mass is 275 g/mol. The van der Waals surface area contributed by atoms with E-state index in [4.69, 9.17) is 5.73 Å². The number of nitrogens with zero attached hydrogens (tertiary/aromatic N) is 1. The lowest BCUT2D eigenvalue weighted by atomic mass is 9.91. The van der Waals surface area contributed by atoms with Crippen LogP contribution in [0.15, 0.2) is 30.3 Å². The smallest absolute Gasteiger partial charge is 0.224 e. The van der Waals surface area contributed by atoms with E-state index >= 15 is 0 Å². The summed E-state index contributed by atoms with van der Waals surface area (Å²) in [6, 6.07) is 11.0. The normalized spacial score (nSPS) is 17.2. The number of anilines is 1. The number of nitrogens with one attached hydrogen (secondary N) is 1. The van der Waals surface area contributed by atoms with Gasteiger partial charge in [0.05, 0.1) is 5.41 Å². The Kier molecular flexibility index (Phi) is 4.65. The SMILES string of the molecule is CC(C)(CNC1CCN(c2ccccc2)CC1)C(N)=O. The second kappa shape index (κ2) is 6.27. The molecule has 1 heterocycles. The van der Waals surface area contributed by atoms with Crippen LogP contribution in [0.25, 0.3) is 0 Å². The minimum atomic E-state index is -0.476. The van der Waals surface area contributed by atoms with Crippen molar-refractivity contribution in [3.05, 3.63) is 30.3 Å². The number of hydrogen-bond acceptors (Lipinski definition) is 3. The fraction of sp³-hybridized carbons (Fsp3) is 0.562. The van der Waals surface area contributed by atoms with Crippen LogP contribution < -0.4 is 16.0 Å². The molecule has 1 aromatic rings. The van der Waals surface area contributed by atoms with Crippen molar-refractivity contribution in [2.75, 3.05) is 24.5 Å². The molecule has 1 aromatic carbocycles. The fourth-order valence-electron chi connectivity index (χ4n) is 2.47. The number of amides is 1. The molecule has 2 rings (SSSR count). The van der Waals surface area contributed by atoms with Gasteiger partial charge in [0.15, 0.2) is 0 Å². The summed E-state index contributed by atoms with van der Waals surface area (Å²) in [5, 5.41) is 3.49. The van der Waals surface area contributed by atoms with E-state index in [-0.39, 0.29) is 5.91 Å². The van der Waals surface area contributed by atoms with Crippen LogP contribution in [-0.4, -0.2) is 31.6 Å². The van der Waals surface area contributed by atoms with Crippen molar-refractivity contribution in [3.63, 3.8) is 0 Å². The van der Waals surface area contributed by atoms with Gasteiger partial charge in [0.1, 0.15) is 0 Å². The molecule has 20 heavy (non-hydrogen) atoms. The zero-order chi connectivity index (χ0) is 14.6. The molecule has 1 aliphatic rings. The van der Waals surface area contributed by atoms with Gasteiger partial charge in [-0.1, -0.05) is 18.2 Å². The Balaban J connectivity index is 1.79. The lowest BCUT2D eigenvalue weighted by molar-refractivity contribution is -0.125. The van der Waals surface area contributed by atoms with Gasteiger partial charge >= 0.3 is 0 Å². The average molecular weight is 275 g/mol. The van der Waals surface area contributed by atoms with E-state index in [2.05, 4.69) is 34.5 Å². The van der Waals surface area contributed by atoms with Crippen molar-refractivity contribution in [2.45, 2.75) is 32.7 Å². The summed E-state index contributed by atoms with van der Waals surface area (Å²) in [6.07, 6.45) is 2.20. The molecular weight excluding hydrogens is 250 g/mol. The standard InChI is InChI=1S/C16H25N3O/c1-16(2,15(17)20)12-18-13-8-10-19(11-9-13)14-6-4-3-5-7-14/h3-7,13,18H,8-12H2,1-2H3,(H2,17,20). The molecular formula is C16H25N3O. The van der Waals surface area contributed by atoms with Gasteiger partial charge in [-0.15, -0.1) is 0 Å². The highest BCUT2D eigenvalue weighted by Gasteiger charge is 2.27. The predicted molar refractivity (Wildman–Crippen MR) is 82.7 cm³/mol. The van der Waals surface area contributed by atoms with Crippen LogP contribution in [0.4, 0.5) is 5.69 Å². The zero-order valence-electron chi connectivity index (χ0n) is 12.4.